The number of hydrazone groups is 1. The summed E-state index contributed by atoms with van der Waals surface area (Å²) in [5.41, 5.74) is 5.69. The second-order valence-electron chi connectivity index (χ2n) is 6.89. The molecule has 1 N–H and O–H groups in total. The molecule has 166 valence electrons. The van der Waals surface area contributed by atoms with Crippen LogP contribution in [0.3, 0.4) is 0 Å². The van der Waals surface area contributed by atoms with Gasteiger partial charge in [-0.3, -0.25) is 9.78 Å². The molecule has 0 aliphatic heterocycles. The summed E-state index contributed by atoms with van der Waals surface area (Å²) < 4.78 is 17.1. The fourth-order valence-electron chi connectivity index (χ4n) is 3.00. The third kappa shape index (κ3) is 5.98. The van der Waals surface area contributed by atoms with Gasteiger partial charge in [0.25, 0.3) is 5.91 Å². The number of hydrogen-bond acceptors (Lipinski definition) is 6. The molecule has 0 aliphatic carbocycles. The van der Waals surface area contributed by atoms with E-state index in [9.17, 15) is 4.79 Å². The molecule has 0 aliphatic rings. The van der Waals surface area contributed by atoms with E-state index >= 15 is 0 Å². The maximum absolute atomic E-state index is 12.0. The first kappa shape index (κ1) is 23.1. The van der Waals surface area contributed by atoms with Crippen molar-refractivity contribution in [2.75, 3.05) is 20.3 Å². The Morgan fingerprint density at radius 2 is 1.72 bits per heavy atom. The number of carbonyl (C=O) groups excluding carboxylic acids is 1. The molecular formula is C24H24ClN3O4. The summed E-state index contributed by atoms with van der Waals surface area (Å²) in [5, 5.41) is 4.33. The van der Waals surface area contributed by atoms with Crippen molar-refractivity contribution in [2.45, 2.75) is 13.8 Å². The van der Waals surface area contributed by atoms with E-state index in [1.807, 2.05) is 32.0 Å². The molecule has 0 saturated carbocycles. The van der Waals surface area contributed by atoms with Crippen molar-refractivity contribution >= 4 is 23.7 Å². The minimum Gasteiger partial charge on any atom is -0.493 e. The maximum Gasteiger partial charge on any atom is 0.271 e. The molecular weight excluding hydrogens is 430 g/mol. The van der Waals surface area contributed by atoms with Gasteiger partial charge in [0, 0.05) is 18.0 Å². The van der Waals surface area contributed by atoms with E-state index in [-0.39, 0.29) is 5.91 Å². The first-order valence-corrected chi connectivity index (χ1v) is 10.3. The Bertz CT molecular complexity index is 1080. The molecule has 0 bridgehead atoms. The highest BCUT2D eigenvalue weighted by atomic mass is 35.5. The van der Waals surface area contributed by atoms with Crippen molar-refractivity contribution in [1.29, 1.82) is 0 Å². The predicted molar refractivity (Wildman–Crippen MR) is 124 cm³/mol. The van der Waals surface area contributed by atoms with E-state index in [2.05, 4.69) is 15.5 Å². The van der Waals surface area contributed by atoms with E-state index in [1.165, 1.54) is 25.7 Å². The number of aryl methyl sites for hydroxylation is 2. The quantitative estimate of drug-likeness (QED) is 0.291. The number of methoxy groups -OCH3 is 1. The Morgan fingerprint density at radius 1 is 1.06 bits per heavy atom. The largest absolute Gasteiger partial charge is 0.493 e. The second kappa shape index (κ2) is 11.2. The van der Waals surface area contributed by atoms with E-state index in [0.717, 1.165) is 16.9 Å². The fourth-order valence-corrected chi connectivity index (χ4v) is 3.28. The van der Waals surface area contributed by atoms with Gasteiger partial charge in [-0.05, 0) is 54.8 Å². The predicted octanol–water partition coefficient (Wildman–Crippen LogP) is 4.58. The van der Waals surface area contributed by atoms with Crippen LogP contribution in [0.15, 0.2) is 60.0 Å². The number of nitrogens with zero attached hydrogens (tertiary/aromatic N) is 2. The average Bonchev–Trinajstić information content (AvgIpc) is 2.79. The molecule has 2 aromatic carbocycles. The molecule has 0 atom stereocenters. The van der Waals surface area contributed by atoms with E-state index in [0.29, 0.717) is 40.9 Å². The van der Waals surface area contributed by atoms with Crippen LogP contribution in [0.2, 0.25) is 5.02 Å². The molecule has 1 heterocycles. The number of hydrogen-bond donors (Lipinski definition) is 1. The first-order chi connectivity index (χ1) is 15.5. The number of para-hydroxylation sites is 1. The number of amides is 1. The van der Waals surface area contributed by atoms with Crippen LogP contribution in [0.5, 0.6) is 17.2 Å². The Labute approximate surface area is 192 Å². The summed E-state index contributed by atoms with van der Waals surface area (Å²) >= 11 is 6.40. The van der Waals surface area contributed by atoms with Crippen LogP contribution in [0.4, 0.5) is 0 Å². The molecule has 32 heavy (non-hydrogen) atoms. The van der Waals surface area contributed by atoms with Crippen LogP contribution in [0, 0.1) is 13.8 Å². The van der Waals surface area contributed by atoms with Crippen LogP contribution in [0.25, 0.3) is 0 Å². The molecule has 0 spiro atoms. The number of aromatic nitrogens is 1. The van der Waals surface area contributed by atoms with Crippen LogP contribution >= 0.6 is 11.6 Å². The Morgan fingerprint density at radius 3 is 2.38 bits per heavy atom. The minimum absolute atomic E-state index is 0.291. The summed E-state index contributed by atoms with van der Waals surface area (Å²) in [4.78, 5) is 15.9. The van der Waals surface area contributed by atoms with Crippen molar-refractivity contribution in [3.8, 4) is 17.2 Å². The minimum atomic E-state index is -0.342. The summed E-state index contributed by atoms with van der Waals surface area (Å²) in [6.07, 6.45) is 4.55. The van der Waals surface area contributed by atoms with Gasteiger partial charge in [-0.2, -0.15) is 5.10 Å². The zero-order valence-electron chi connectivity index (χ0n) is 18.1. The highest BCUT2D eigenvalue weighted by molar-refractivity contribution is 6.32. The third-order valence-electron chi connectivity index (χ3n) is 4.56. The van der Waals surface area contributed by atoms with E-state index < -0.39 is 0 Å². The lowest BCUT2D eigenvalue weighted by Crippen LogP contribution is -2.17. The standard InChI is InChI=1S/C24H24ClN3O4/c1-16-5-4-6-17(2)22(16)31-11-12-32-23-20(25)13-18(14-21(23)30-3)15-27-28-24(29)19-7-9-26-10-8-19/h4-10,13-15H,11-12H2,1-3H3,(H,28,29)/b27-15+. The van der Waals surface area contributed by atoms with Crippen molar-refractivity contribution in [1.82, 2.24) is 10.4 Å². The number of halogens is 1. The number of benzene rings is 2. The van der Waals surface area contributed by atoms with Gasteiger partial charge in [0.05, 0.1) is 18.3 Å². The molecule has 3 rings (SSSR count). The molecule has 8 heteroatoms. The molecule has 3 aromatic rings. The summed E-state index contributed by atoms with van der Waals surface area (Å²) in [6, 6.07) is 12.6. The zero-order valence-corrected chi connectivity index (χ0v) is 18.8. The Kier molecular flexibility index (Phi) is 8.05. The van der Waals surface area contributed by atoms with Crippen LogP contribution in [-0.2, 0) is 0 Å². The van der Waals surface area contributed by atoms with Crippen LogP contribution in [0.1, 0.15) is 27.0 Å². The van der Waals surface area contributed by atoms with Crippen LogP contribution < -0.4 is 19.6 Å². The topological polar surface area (TPSA) is 82.0 Å². The van der Waals surface area contributed by atoms with Gasteiger partial charge in [0.2, 0.25) is 0 Å². The van der Waals surface area contributed by atoms with Crippen molar-refractivity contribution in [2.24, 2.45) is 5.10 Å². The highest BCUT2D eigenvalue weighted by Gasteiger charge is 2.12. The van der Waals surface area contributed by atoms with Gasteiger partial charge < -0.3 is 14.2 Å². The average molecular weight is 454 g/mol. The van der Waals surface area contributed by atoms with Crippen LogP contribution in [-0.4, -0.2) is 37.4 Å². The smallest absolute Gasteiger partial charge is 0.271 e. The Hall–Kier alpha value is -3.58. The van der Waals surface area contributed by atoms with Crippen molar-refractivity contribution in [3.05, 3.63) is 82.1 Å². The van der Waals surface area contributed by atoms with Gasteiger partial charge in [-0.1, -0.05) is 29.8 Å². The van der Waals surface area contributed by atoms with Crippen molar-refractivity contribution < 1.29 is 19.0 Å². The summed E-state index contributed by atoms with van der Waals surface area (Å²) in [5.74, 6) is 1.38. The fraction of sp³-hybridized carbons (Fsp3) is 0.208. The molecule has 0 saturated heterocycles. The summed E-state index contributed by atoms with van der Waals surface area (Å²) in [6.45, 7) is 4.65. The van der Waals surface area contributed by atoms with Gasteiger partial charge in [0.15, 0.2) is 11.5 Å². The lowest BCUT2D eigenvalue weighted by molar-refractivity contribution is 0.0955. The maximum atomic E-state index is 12.0. The molecule has 0 unspecified atom stereocenters. The summed E-state index contributed by atoms with van der Waals surface area (Å²) in [7, 11) is 1.53. The van der Waals surface area contributed by atoms with Gasteiger partial charge in [0.1, 0.15) is 19.0 Å². The second-order valence-corrected chi connectivity index (χ2v) is 7.29. The molecule has 0 radical (unpaired) electrons. The zero-order chi connectivity index (χ0) is 22.9. The number of carbonyl (C=O) groups is 1. The van der Waals surface area contributed by atoms with Gasteiger partial charge in [-0.25, -0.2) is 5.43 Å². The van der Waals surface area contributed by atoms with Gasteiger partial charge in [-0.15, -0.1) is 0 Å². The number of ether oxygens (including phenoxy) is 3. The number of nitrogens with one attached hydrogen (secondary N) is 1. The van der Waals surface area contributed by atoms with Crippen molar-refractivity contribution in [3.63, 3.8) is 0 Å². The molecule has 7 nitrogen and oxygen atoms in total. The monoisotopic (exact) mass is 453 g/mol. The SMILES string of the molecule is COc1cc(/C=N/NC(=O)c2ccncc2)cc(Cl)c1OCCOc1c(C)cccc1C. The molecule has 1 aromatic heterocycles. The third-order valence-corrected chi connectivity index (χ3v) is 4.84. The van der Waals surface area contributed by atoms with E-state index in [1.54, 1.807) is 24.3 Å². The lowest BCUT2D eigenvalue weighted by atomic mass is 10.1. The number of rotatable bonds is 9. The van der Waals surface area contributed by atoms with Gasteiger partial charge >= 0.3 is 0 Å². The highest BCUT2D eigenvalue weighted by Crippen LogP contribution is 2.36. The normalized spacial score (nSPS) is 10.8. The lowest BCUT2D eigenvalue weighted by Gasteiger charge is -2.15. The number of pyridine rings is 1. The molecule has 1 amide bonds. The first-order valence-electron chi connectivity index (χ1n) is 9.92. The molecule has 0 fully saturated rings. The Balaban J connectivity index is 1.60. The van der Waals surface area contributed by atoms with E-state index in [4.69, 9.17) is 25.8 Å².